The summed E-state index contributed by atoms with van der Waals surface area (Å²) in [4.78, 5) is 22.6. The van der Waals surface area contributed by atoms with Gasteiger partial charge in [-0.25, -0.2) is 0 Å². The molecule has 0 unspecified atom stereocenters. The van der Waals surface area contributed by atoms with Gasteiger partial charge < -0.3 is 10.9 Å². The maximum Gasteiger partial charge on any atom is 0.224 e. The molecule has 1 amide bonds. The third-order valence-corrected chi connectivity index (χ3v) is 4.19. The van der Waals surface area contributed by atoms with E-state index in [1.807, 2.05) is 41.5 Å². The summed E-state index contributed by atoms with van der Waals surface area (Å²) in [5.74, 6) is 0.117. The number of hydroxylamine groups is 1. The number of primary amides is 1. The van der Waals surface area contributed by atoms with Gasteiger partial charge in [0.1, 0.15) is 0 Å². The number of carbonyl (C=O) groups is 2. The predicted octanol–water partition coefficient (Wildman–Crippen LogP) is 6.93. The van der Waals surface area contributed by atoms with Gasteiger partial charge in [-0.1, -0.05) is 114 Å². The van der Waals surface area contributed by atoms with Crippen LogP contribution < -0.4 is 11.2 Å². The lowest BCUT2D eigenvalue weighted by atomic mass is 9.86. The first kappa shape index (κ1) is 39.3. The second kappa shape index (κ2) is 32.5. The monoisotopic (exact) mass is 432 g/mol. The number of ketones is 1. The van der Waals surface area contributed by atoms with Crippen molar-refractivity contribution in [2.45, 2.75) is 115 Å². The molecule has 30 heavy (non-hydrogen) atoms. The highest BCUT2D eigenvalue weighted by atomic mass is 16.5. The molecule has 0 aromatic rings. The Bertz CT molecular complexity index is 367. The zero-order valence-corrected chi connectivity index (χ0v) is 22.2. The number of nitrogens with one attached hydrogen (secondary N) is 1. The molecule has 184 valence electrons. The smallest absolute Gasteiger partial charge is 0.224 e. The molecule has 0 saturated carbocycles. The highest BCUT2D eigenvalue weighted by molar-refractivity contribution is 5.86. The van der Waals surface area contributed by atoms with E-state index in [1.54, 1.807) is 5.48 Å². The van der Waals surface area contributed by atoms with Crippen LogP contribution in [0.15, 0.2) is 12.2 Å². The largest absolute Gasteiger partial charge is 0.369 e. The Morgan fingerprint density at radius 2 is 1.33 bits per heavy atom. The molecule has 0 aliphatic heterocycles. The van der Waals surface area contributed by atoms with Gasteiger partial charge in [-0.3, -0.25) is 9.59 Å². The molecular weight excluding hydrogens is 376 g/mol. The van der Waals surface area contributed by atoms with E-state index in [9.17, 15) is 9.59 Å². The fraction of sp³-hybridized carbons (Fsp3) is 0.840. The summed E-state index contributed by atoms with van der Waals surface area (Å²) < 4.78 is 0. The molecule has 0 aromatic heterocycles. The van der Waals surface area contributed by atoms with E-state index in [0.717, 1.165) is 12.3 Å². The molecule has 2 atom stereocenters. The second-order valence-corrected chi connectivity index (χ2v) is 7.21. The molecule has 0 aliphatic rings. The van der Waals surface area contributed by atoms with Crippen molar-refractivity contribution in [1.82, 2.24) is 5.48 Å². The maximum absolute atomic E-state index is 11.3. The van der Waals surface area contributed by atoms with E-state index in [-0.39, 0.29) is 18.7 Å². The van der Waals surface area contributed by atoms with Crippen LogP contribution in [-0.4, -0.2) is 23.4 Å². The van der Waals surface area contributed by atoms with Crippen LogP contribution >= 0.6 is 0 Å². The van der Waals surface area contributed by atoms with Gasteiger partial charge in [-0.15, -0.1) is 0 Å². The first-order valence-electron chi connectivity index (χ1n) is 12.0. The molecule has 0 aliphatic carbocycles. The number of Topliss-reactive ketones (excluding diaryl/α,β-unsaturated/α-hetero) is 1. The van der Waals surface area contributed by atoms with Gasteiger partial charge in [0.05, 0.1) is 12.5 Å². The first-order valence-corrected chi connectivity index (χ1v) is 12.0. The topological polar surface area (TPSA) is 92.4 Å². The molecule has 0 aromatic carbocycles. The van der Waals surface area contributed by atoms with Crippen LogP contribution in [0.4, 0.5) is 0 Å². The lowest BCUT2D eigenvalue weighted by Crippen LogP contribution is -2.28. The molecule has 4 N–H and O–H groups in total. The van der Waals surface area contributed by atoms with Crippen molar-refractivity contribution in [3.63, 3.8) is 0 Å². The average molecular weight is 433 g/mol. The summed E-state index contributed by atoms with van der Waals surface area (Å²) in [5.41, 5.74) is 7.63. The Morgan fingerprint density at radius 3 is 1.57 bits per heavy atom. The lowest BCUT2D eigenvalue weighted by molar-refractivity contribution is -0.121. The van der Waals surface area contributed by atoms with Gasteiger partial charge >= 0.3 is 0 Å². The molecule has 5 nitrogen and oxygen atoms in total. The van der Waals surface area contributed by atoms with E-state index in [0.29, 0.717) is 17.9 Å². The number of rotatable bonds is 11. The van der Waals surface area contributed by atoms with E-state index in [1.165, 1.54) is 19.3 Å². The van der Waals surface area contributed by atoms with Crippen molar-refractivity contribution in [3.8, 4) is 0 Å². The third-order valence-electron chi connectivity index (χ3n) is 4.19. The lowest BCUT2D eigenvalue weighted by Gasteiger charge is -2.19. The van der Waals surface area contributed by atoms with Gasteiger partial charge in [0, 0.05) is 6.42 Å². The molecule has 5 heteroatoms. The fourth-order valence-electron chi connectivity index (χ4n) is 1.58. The minimum absolute atomic E-state index is 0.0671. The van der Waals surface area contributed by atoms with Crippen molar-refractivity contribution in [3.05, 3.63) is 12.2 Å². The Balaban J connectivity index is -0.000000131. The van der Waals surface area contributed by atoms with Crippen LogP contribution in [0.5, 0.6) is 0 Å². The summed E-state index contributed by atoms with van der Waals surface area (Å²) in [7, 11) is 0. The van der Waals surface area contributed by atoms with Gasteiger partial charge in [-0.2, -0.15) is 5.48 Å². The molecule has 0 radical (unpaired) electrons. The third kappa shape index (κ3) is 34.3. The van der Waals surface area contributed by atoms with Crippen LogP contribution in [0.25, 0.3) is 0 Å². The van der Waals surface area contributed by atoms with Gasteiger partial charge in [0.15, 0.2) is 5.78 Å². The zero-order valence-electron chi connectivity index (χ0n) is 22.2. The zero-order chi connectivity index (χ0) is 25.1. The summed E-state index contributed by atoms with van der Waals surface area (Å²) in [6.07, 6.45) is 5.57. The average Bonchev–Trinajstić information content (AvgIpc) is 2.74. The van der Waals surface area contributed by atoms with Crippen LogP contribution in [-0.2, 0) is 9.59 Å². The standard InChI is InChI=1S/C12H22N2O3.C5H12.C4H10.2C2H6/c1-4-8(2)5-11(12(13)16)9(3)6-10(15)7-14-17;1-4-5(2)3;1-3-4-2;2*1-2/h8,11,14,17H,3-7H2,1-2H3,(H2,13,16);5H,4H2,1-3H3;3-4H2,1-2H3;2*1-2H3/t8-,11-;;;;/m1..../s1. The number of hydrogen-bond donors (Lipinski definition) is 3. The highest BCUT2D eigenvalue weighted by Gasteiger charge is 2.22. The maximum atomic E-state index is 11.3. The minimum Gasteiger partial charge on any atom is -0.369 e. The SMILES string of the molecule is C=C(CC(=O)CNO)[C@@H](C[C@H](C)CC)C(N)=O.CC.CC.CCC(C)C.CCCC. The number of amides is 1. The summed E-state index contributed by atoms with van der Waals surface area (Å²) in [6.45, 7) is 26.7. The molecule has 0 heterocycles. The van der Waals surface area contributed by atoms with Crippen molar-refractivity contribution in [1.29, 1.82) is 0 Å². The molecular formula is C25H56N2O3. The molecule has 0 fully saturated rings. The Labute approximate surface area is 189 Å². The van der Waals surface area contributed by atoms with Gasteiger partial charge in [-0.05, 0) is 18.3 Å². The van der Waals surface area contributed by atoms with Gasteiger partial charge in [0.25, 0.3) is 0 Å². The van der Waals surface area contributed by atoms with Crippen molar-refractivity contribution >= 4 is 11.7 Å². The minimum atomic E-state index is -0.465. The van der Waals surface area contributed by atoms with Crippen molar-refractivity contribution in [2.24, 2.45) is 23.5 Å². The highest BCUT2D eigenvalue weighted by Crippen LogP contribution is 2.23. The van der Waals surface area contributed by atoms with Crippen LogP contribution in [0.3, 0.4) is 0 Å². The number of unbranched alkanes of at least 4 members (excludes halogenated alkanes) is 1. The van der Waals surface area contributed by atoms with Crippen molar-refractivity contribution < 1.29 is 14.8 Å². The normalized spacial score (nSPS) is 11.0. The first-order chi connectivity index (χ1) is 14.1. The van der Waals surface area contributed by atoms with Crippen molar-refractivity contribution in [2.75, 3.05) is 6.54 Å². The van der Waals surface area contributed by atoms with E-state index >= 15 is 0 Å². The van der Waals surface area contributed by atoms with Crippen LogP contribution in [0.2, 0.25) is 0 Å². The Kier molecular flexibility index (Phi) is 42.5. The van der Waals surface area contributed by atoms with Crippen LogP contribution in [0, 0.1) is 17.8 Å². The summed E-state index contributed by atoms with van der Waals surface area (Å²) in [6, 6.07) is 0. The quantitative estimate of drug-likeness (QED) is 0.244. The summed E-state index contributed by atoms with van der Waals surface area (Å²) >= 11 is 0. The van der Waals surface area contributed by atoms with E-state index < -0.39 is 11.8 Å². The molecule has 0 spiro atoms. The Hall–Kier alpha value is -1.20. The molecule has 0 bridgehead atoms. The Morgan fingerprint density at radius 1 is 0.933 bits per heavy atom. The van der Waals surface area contributed by atoms with Gasteiger partial charge in [0.2, 0.25) is 5.91 Å². The predicted molar refractivity (Wildman–Crippen MR) is 134 cm³/mol. The number of hydrogen-bond acceptors (Lipinski definition) is 4. The molecule has 0 saturated heterocycles. The van der Waals surface area contributed by atoms with Crippen LogP contribution in [0.1, 0.15) is 115 Å². The summed E-state index contributed by atoms with van der Waals surface area (Å²) in [5, 5.41) is 8.39. The number of carbonyl (C=O) groups excluding carboxylic acids is 2. The molecule has 0 rings (SSSR count). The number of nitrogens with two attached hydrogens (primary N) is 1. The second-order valence-electron chi connectivity index (χ2n) is 7.21. The van der Waals surface area contributed by atoms with E-state index in [4.69, 9.17) is 10.9 Å². The van der Waals surface area contributed by atoms with E-state index in [2.05, 4.69) is 41.2 Å². The fourth-order valence-corrected chi connectivity index (χ4v) is 1.58.